The number of thioether (sulfide) groups is 1. The number of hydrogen-bond acceptors (Lipinski definition) is 3. The van der Waals surface area contributed by atoms with Gasteiger partial charge in [0.1, 0.15) is 5.82 Å². The number of halogens is 1. The zero-order valence-electron chi connectivity index (χ0n) is 12.6. The number of carboxylic acids is 1. The highest BCUT2D eigenvalue weighted by Gasteiger charge is 2.10. The maximum atomic E-state index is 12.7. The van der Waals surface area contributed by atoms with Crippen molar-refractivity contribution in [2.45, 2.75) is 44.0 Å². The Kier molecular flexibility index (Phi) is 8.38. The Hall–Kier alpha value is -1.07. The van der Waals surface area contributed by atoms with Crippen LogP contribution in [0.25, 0.3) is 0 Å². The molecule has 5 heteroatoms. The van der Waals surface area contributed by atoms with E-state index in [1.54, 1.807) is 30.8 Å². The van der Waals surface area contributed by atoms with Crippen LogP contribution in [-0.2, 0) is 4.79 Å². The smallest absolute Gasteiger partial charge is 0.306 e. The molecule has 0 aliphatic rings. The molecule has 0 amide bonds. The fraction of sp³-hybridized carbons (Fsp3) is 0.562. The van der Waals surface area contributed by atoms with Crippen molar-refractivity contribution in [2.24, 2.45) is 5.92 Å². The van der Waals surface area contributed by atoms with Gasteiger partial charge in [0.2, 0.25) is 0 Å². The number of rotatable bonds is 10. The third-order valence-corrected chi connectivity index (χ3v) is 4.39. The average Bonchev–Trinajstić information content (AvgIpc) is 2.45. The standard InChI is InChI=1S/C16H24FNO2S/c1-12(16(19)20)4-3-5-13(2)18-10-11-21-15-8-6-14(17)7-9-15/h6-9,12-13,18H,3-5,10-11H2,1-2H3,(H,19,20). The van der Waals surface area contributed by atoms with Crippen molar-refractivity contribution < 1.29 is 14.3 Å². The van der Waals surface area contributed by atoms with Crippen molar-refractivity contribution in [2.75, 3.05) is 12.3 Å². The molecule has 0 saturated carbocycles. The van der Waals surface area contributed by atoms with E-state index < -0.39 is 5.97 Å². The van der Waals surface area contributed by atoms with Crippen LogP contribution >= 0.6 is 11.8 Å². The summed E-state index contributed by atoms with van der Waals surface area (Å²) in [6.07, 6.45) is 2.64. The van der Waals surface area contributed by atoms with E-state index in [2.05, 4.69) is 12.2 Å². The molecule has 0 heterocycles. The highest BCUT2D eigenvalue weighted by molar-refractivity contribution is 7.99. The van der Waals surface area contributed by atoms with E-state index >= 15 is 0 Å². The van der Waals surface area contributed by atoms with E-state index in [1.807, 2.05) is 0 Å². The van der Waals surface area contributed by atoms with Gasteiger partial charge in [-0.3, -0.25) is 4.79 Å². The lowest BCUT2D eigenvalue weighted by Gasteiger charge is -2.14. The van der Waals surface area contributed by atoms with Crippen LogP contribution in [0.3, 0.4) is 0 Å². The lowest BCUT2D eigenvalue weighted by atomic mass is 10.0. The van der Waals surface area contributed by atoms with Crippen LogP contribution in [0.5, 0.6) is 0 Å². The topological polar surface area (TPSA) is 49.3 Å². The number of benzene rings is 1. The number of carboxylic acid groups (broad SMARTS) is 1. The Morgan fingerprint density at radius 3 is 2.57 bits per heavy atom. The number of nitrogens with one attached hydrogen (secondary N) is 1. The Morgan fingerprint density at radius 1 is 1.29 bits per heavy atom. The predicted molar refractivity (Wildman–Crippen MR) is 85.2 cm³/mol. The molecule has 1 rings (SSSR count). The molecule has 0 aromatic heterocycles. The number of aliphatic carboxylic acids is 1. The molecule has 21 heavy (non-hydrogen) atoms. The van der Waals surface area contributed by atoms with Gasteiger partial charge in [-0.15, -0.1) is 11.8 Å². The fourth-order valence-electron chi connectivity index (χ4n) is 1.96. The van der Waals surface area contributed by atoms with Crippen molar-refractivity contribution in [3.05, 3.63) is 30.1 Å². The monoisotopic (exact) mass is 313 g/mol. The molecular formula is C16H24FNO2S. The Bertz CT molecular complexity index is 425. The Labute approximate surface area is 130 Å². The van der Waals surface area contributed by atoms with Crippen LogP contribution < -0.4 is 5.32 Å². The quantitative estimate of drug-likeness (QED) is 0.510. The van der Waals surface area contributed by atoms with E-state index in [-0.39, 0.29) is 11.7 Å². The first-order valence-electron chi connectivity index (χ1n) is 7.33. The minimum absolute atomic E-state index is 0.207. The molecular weight excluding hydrogens is 289 g/mol. The highest BCUT2D eigenvalue weighted by Crippen LogP contribution is 2.17. The molecule has 0 aliphatic carbocycles. The molecule has 0 aliphatic heterocycles. The summed E-state index contributed by atoms with van der Waals surface area (Å²) < 4.78 is 12.7. The van der Waals surface area contributed by atoms with E-state index in [0.717, 1.165) is 36.5 Å². The maximum absolute atomic E-state index is 12.7. The second kappa shape index (κ2) is 9.79. The Morgan fingerprint density at radius 2 is 1.95 bits per heavy atom. The first-order chi connectivity index (χ1) is 9.99. The average molecular weight is 313 g/mol. The predicted octanol–water partition coefficient (Wildman–Crippen LogP) is 3.79. The minimum atomic E-state index is -0.716. The zero-order valence-corrected chi connectivity index (χ0v) is 13.5. The largest absolute Gasteiger partial charge is 0.481 e. The third-order valence-electron chi connectivity index (χ3n) is 3.37. The van der Waals surface area contributed by atoms with Crippen LogP contribution in [0.15, 0.2) is 29.2 Å². The van der Waals surface area contributed by atoms with Gasteiger partial charge in [0.05, 0.1) is 5.92 Å². The van der Waals surface area contributed by atoms with Gasteiger partial charge in [-0.25, -0.2) is 4.39 Å². The van der Waals surface area contributed by atoms with Crippen molar-refractivity contribution in [3.8, 4) is 0 Å². The normalized spacial score (nSPS) is 13.9. The van der Waals surface area contributed by atoms with E-state index in [1.165, 1.54) is 12.1 Å². The van der Waals surface area contributed by atoms with E-state index in [4.69, 9.17) is 5.11 Å². The van der Waals surface area contributed by atoms with Crippen molar-refractivity contribution >= 4 is 17.7 Å². The van der Waals surface area contributed by atoms with Gasteiger partial charge >= 0.3 is 5.97 Å². The summed E-state index contributed by atoms with van der Waals surface area (Å²) in [7, 11) is 0. The molecule has 0 radical (unpaired) electrons. The zero-order chi connectivity index (χ0) is 15.7. The van der Waals surface area contributed by atoms with Crippen LogP contribution in [0.4, 0.5) is 4.39 Å². The molecule has 0 saturated heterocycles. The molecule has 0 bridgehead atoms. The molecule has 2 N–H and O–H groups in total. The summed E-state index contributed by atoms with van der Waals surface area (Å²) in [5, 5.41) is 12.2. The number of hydrogen-bond donors (Lipinski definition) is 2. The molecule has 1 aromatic carbocycles. The highest BCUT2D eigenvalue weighted by atomic mass is 32.2. The summed E-state index contributed by atoms with van der Waals surface area (Å²) in [5.74, 6) is -0.249. The van der Waals surface area contributed by atoms with Crippen molar-refractivity contribution in [1.82, 2.24) is 5.32 Å². The summed E-state index contributed by atoms with van der Waals surface area (Å²) in [6.45, 7) is 4.76. The molecule has 118 valence electrons. The summed E-state index contributed by atoms with van der Waals surface area (Å²) in [5.41, 5.74) is 0. The SMILES string of the molecule is CC(CCCC(C)C(=O)O)NCCSc1ccc(F)cc1. The van der Waals surface area contributed by atoms with Crippen molar-refractivity contribution in [1.29, 1.82) is 0 Å². The molecule has 0 fully saturated rings. The summed E-state index contributed by atoms with van der Waals surface area (Å²) in [4.78, 5) is 11.8. The summed E-state index contributed by atoms with van der Waals surface area (Å²) >= 11 is 1.70. The molecule has 3 nitrogen and oxygen atoms in total. The summed E-state index contributed by atoms with van der Waals surface area (Å²) in [6, 6.07) is 6.91. The second-order valence-corrected chi connectivity index (χ2v) is 6.50. The molecule has 0 spiro atoms. The van der Waals surface area contributed by atoms with Gasteiger partial charge in [0.15, 0.2) is 0 Å². The van der Waals surface area contributed by atoms with E-state index in [9.17, 15) is 9.18 Å². The second-order valence-electron chi connectivity index (χ2n) is 5.33. The maximum Gasteiger partial charge on any atom is 0.306 e. The van der Waals surface area contributed by atoms with Gasteiger partial charge in [-0.1, -0.05) is 13.3 Å². The third kappa shape index (κ3) is 8.07. The minimum Gasteiger partial charge on any atom is -0.481 e. The lowest BCUT2D eigenvalue weighted by Crippen LogP contribution is -2.28. The first-order valence-corrected chi connectivity index (χ1v) is 8.32. The molecule has 2 atom stereocenters. The molecule has 1 aromatic rings. The number of carbonyl (C=O) groups is 1. The van der Waals surface area contributed by atoms with Gasteiger partial charge in [-0.2, -0.15) is 0 Å². The van der Waals surface area contributed by atoms with Crippen molar-refractivity contribution in [3.63, 3.8) is 0 Å². The fourth-order valence-corrected chi connectivity index (χ4v) is 2.74. The first kappa shape index (κ1) is 18.0. The van der Waals surface area contributed by atoms with Gasteiger partial charge in [0.25, 0.3) is 0 Å². The lowest BCUT2D eigenvalue weighted by molar-refractivity contribution is -0.141. The van der Waals surface area contributed by atoms with Gasteiger partial charge < -0.3 is 10.4 Å². The molecule has 2 unspecified atom stereocenters. The van der Waals surface area contributed by atoms with E-state index in [0.29, 0.717) is 6.04 Å². The van der Waals surface area contributed by atoms with Gasteiger partial charge in [-0.05, 0) is 44.0 Å². The van der Waals surface area contributed by atoms with Crippen LogP contribution in [-0.4, -0.2) is 29.4 Å². The Balaban J connectivity index is 2.06. The van der Waals surface area contributed by atoms with Crippen LogP contribution in [0.2, 0.25) is 0 Å². The van der Waals surface area contributed by atoms with Gasteiger partial charge in [0, 0.05) is 23.2 Å². The van der Waals surface area contributed by atoms with Crippen LogP contribution in [0.1, 0.15) is 33.1 Å². The van der Waals surface area contributed by atoms with Crippen LogP contribution in [0, 0.1) is 11.7 Å².